The Morgan fingerprint density at radius 2 is 2.05 bits per heavy atom. The number of likely N-dealkylation sites (tertiary alicyclic amines) is 1. The number of carbonyl (C=O) groups is 3. The lowest BCUT2D eigenvalue weighted by molar-refractivity contribution is -0.141. The maximum atomic E-state index is 12.0. The minimum Gasteiger partial charge on any atom is -0.480 e. The summed E-state index contributed by atoms with van der Waals surface area (Å²) >= 11 is 0. The zero-order chi connectivity index (χ0) is 15.3. The van der Waals surface area contributed by atoms with Gasteiger partial charge in [0.25, 0.3) is 0 Å². The molecule has 1 heterocycles. The highest BCUT2D eigenvalue weighted by Crippen LogP contribution is 2.18. The molecule has 0 aliphatic carbocycles. The molecule has 20 heavy (non-hydrogen) atoms. The van der Waals surface area contributed by atoms with Gasteiger partial charge in [0.15, 0.2) is 0 Å². The van der Waals surface area contributed by atoms with Crippen molar-refractivity contribution < 1.29 is 24.6 Å². The van der Waals surface area contributed by atoms with E-state index in [0.29, 0.717) is 6.54 Å². The van der Waals surface area contributed by atoms with E-state index in [1.807, 2.05) is 6.92 Å². The molecule has 0 spiro atoms. The average molecular weight is 287 g/mol. The molecule has 0 aromatic heterocycles. The highest BCUT2D eigenvalue weighted by atomic mass is 16.4. The van der Waals surface area contributed by atoms with Crippen LogP contribution < -0.4 is 10.6 Å². The molecular weight excluding hydrogens is 266 g/mol. The van der Waals surface area contributed by atoms with Crippen LogP contribution in [0.3, 0.4) is 0 Å². The Labute approximate surface area is 117 Å². The van der Waals surface area contributed by atoms with Gasteiger partial charge in [-0.05, 0) is 13.3 Å². The maximum Gasteiger partial charge on any atom is 0.326 e. The first-order chi connectivity index (χ1) is 9.36. The SMILES string of the molecule is CCCNC(=O)C(C)NC(=O)N1C[C@H](O)C[C@H]1C(=O)O. The third-order valence-electron chi connectivity index (χ3n) is 3.11. The lowest BCUT2D eigenvalue weighted by Crippen LogP contribution is -2.52. The molecule has 0 aromatic carbocycles. The molecule has 8 heteroatoms. The molecule has 0 saturated carbocycles. The van der Waals surface area contributed by atoms with Gasteiger partial charge < -0.3 is 25.7 Å². The van der Waals surface area contributed by atoms with Crippen LogP contribution in [-0.4, -0.2) is 64.3 Å². The first-order valence-corrected chi connectivity index (χ1v) is 6.62. The average Bonchev–Trinajstić information content (AvgIpc) is 2.78. The Hall–Kier alpha value is -1.83. The number of carboxylic acid groups (broad SMARTS) is 1. The van der Waals surface area contributed by atoms with Crippen LogP contribution in [-0.2, 0) is 9.59 Å². The summed E-state index contributed by atoms with van der Waals surface area (Å²) in [7, 11) is 0. The molecule has 3 amide bonds. The summed E-state index contributed by atoms with van der Waals surface area (Å²) in [6.45, 7) is 3.89. The largest absolute Gasteiger partial charge is 0.480 e. The van der Waals surface area contributed by atoms with E-state index in [4.69, 9.17) is 5.11 Å². The molecule has 1 aliphatic rings. The van der Waals surface area contributed by atoms with Gasteiger partial charge >= 0.3 is 12.0 Å². The fourth-order valence-electron chi connectivity index (χ4n) is 2.01. The summed E-state index contributed by atoms with van der Waals surface area (Å²) in [6, 6.07) is -2.48. The predicted octanol–water partition coefficient (Wildman–Crippen LogP) is -0.869. The number of hydrogen-bond donors (Lipinski definition) is 4. The second-order valence-corrected chi connectivity index (χ2v) is 4.86. The fourth-order valence-corrected chi connectivity index (χ4v) is 2.01. The van der Waals surface area contributed by atoms with E-state index in [-0.39, 0.29) is 18.9 Å². The number of aliphatic hydroxyl groups excluding tert-OH is 1. The molecule has 0 radical (unpaired) electrons. The molecule has 8 nitrogen and oxygen atoms in total. The van der Waals surface area contributed by atoms with Crippen molar-refractivity contribution in [1.82, 2.24) is 15.5 Å². The van der Waals surface area contributed by atoms with Gasteiger partial charge in [-0.15, -0.1) is 0 Å². The smallest absolute Gasteiger partial charge is 0.326 e. The van der Waals surface area contributed by atoms with Crippen molar-refractivity contribution >= 4 is 17.9 Å². The Kier molecular flexibility index (Phi) is 5.75. The van der Waals surface area contributed by atoms with Crippen LogP contribution in [0.2, 0.25) is 0 Å². The molecule has 1 rings (SSSR count). The zero-order valence-corrected chi connectivity index (χ0v) is 11.6. The lowest BCUT2D eigenvalue weighted by atomic mass is 10.2. The number of nitrogens with zero attached hydrogens (tertiary/aromatic N) is 1. The fraction of sp³-hybridized carbons (Fsp3) is 0.750. The van der Waals surface area contributed by atoms with Crippen LogP contribution >= 0.6 is 0 Å². The molecule has 1 unspecified atom stereocenters. The Morgan fingerprint density at radius 1 is 1.40 bits per heavy atom. The summed E-state index contributed by atoms with van der Waals surface area (Å²) in [6.07, 6.45) is -0.0728. The molecule has 0 aromatic rings. The van der Waals surface area contributed by atoms with Crippen molar-refractivity contribution in [3.8, 4) is 0 Å². The predicted molar refractivity (Wildman–Crippen MR) is 70.0 cm³/mol. The first-order valence-electron chi connectivity index (χ1n) is 6.62. The zero-order valence-electron chi connectivity index (χ0n) is 11.6. The van der Waals surface area contributed by atoms with Crippen LogP contribution in [0.15, 0.2) is 0 Å². The molecular formula is C12H21N3O5. The number of carbonyl (C=O) groups excluding carboxylic acids is 2. The van der Waals surface area contributed by atoms with Crippen LogP contribution in [0.4, 0.5) is 4.79 Å². The number of aliphatic carboxylic acids is 1. The van der Waals surface area contributed by atoms with E-state index >= 15 is 0 Å². The van der Waals surface area contributed by atoms with Gasteiger partial charge in [0.2, 0.25) is 5.91 Å². The minimum absolute atomic E-state index is 0.000828. The number of hydrogen-bond acceptors (Lipinski definition) is 4. The molecule has 4 N–H and O–H groups in total. The Bertz CT molecular complexity index is 387. The van der Waals surface area contributed by atoms with Crippen LogP contribution in [0.5, 0.6) is 0 Å². The first kappa shape index (κ1) is 16.2. The number of nitrogens with one attached hydrogen (secondary N) is 2. The second kappa shape index (κ2) is 7.09. The van der Waals surface area contributed by atoms with Crippen molar-refractivity contribution in [2.75, 3.05) is 13.1 Å². The van der Waals surface area contributed by atoms with Gasteiger partial charge in [-0.25, -0.2) is 9.59 Å². The number of urea groups is 1. The third kappa shape index (κ3) is 4.09. The van der Waals surface area contributed by atoms with Crippen molar-refractivity contribution in [3.05, 3.63) is 0 Å². The minimum atomic E-state index is -1.17. The highest BCUT2D eigenvalue weighted by molar-refractivity contribution is 5.88. The highest BCUT2D eigenvalue weighted by Gasteiger charge is 2.39. The monoisotopic (exact) mass is 287 g/mol. The summed E-state index contributed by atoms with van der Waals surface area (Å²) in [5, 5.41) is 23.5. The Balaban J connectivity index is 2.57. The Morgan fingerprint density at radius 3 is 2.60 bits per heavy atom. The summed E-state index contributed by atoms with van der Waals surface area (Å²) in [5.74, 6) is -1.49. The van der Waals surface area contributed by atoms with Gasteiger partial charge in [-0.3, -0.25) is 4.79 Å². The van der Waals surface area contributed by atoms with Gasteiger partial charge in [-0.1, -0.05) is 6.92 Å². The van der Waals surface area contributed by atoms with E-state index in [0.717, 1.165) is 11.3 Å². The summed E-state index contributed by atoms with van der Waals surface area (Å²) < 4.78 is 0. The number of β-amino-alcohol motifs (C(OH)–C–C–N with tert-alkyl or cyclic N) is 1. The van der Waals surface area contributed by atoms with Crippen molar-refractivity contribution in [2.45, 2.75) is 44.9 Å². The van der Waals surface area contributed by atoms with Gasteiger partial charge in [0, 0.05) is 19.5 Å². The number of aliphatic hydroxyl groups is 1. The number of amides is 3. The van der Waals surface area contributed by atoms with Crippen molar-refractivity contribution in [2.24, 2.45) is 0 Å². The molecule has 3 atom stereocenters. The van der Waals surface area contributed by atoms with E-state index in [2.05, 4.69) is 10.6 Å². The molecule has 1 fully saturated rings. The van der Waals surface area contributed by atoms with Crippen molar-refractivity contribution in [1.29, 1.82) is 0 Å². The van der Waals surface area contributed by atoms with E-state index in [9.17, 15) is 19.5 Å². The number of rotatable bonds is 5. The standard InChI is InChI=1S/C12H21N3O5/c1-3-4-13-10(17)7(2)14-12(20)15-6-8(16)5-9(15)11(18)19/h7-9,16H,3-6H2,1-2H3,(H,13,17)(H,14,20)(H,18,19)/t7?,8-,9+/m1/s1. The van der Waals surface area contributed by atoms with E-state index in [1.165, 1.54) is 6.92 Å². The quantitative estimate of drug-likeness (QED) is 0.524. The summed E-state index contributed by atoms with van der Waals surface area (Å²) in [5.41, 5.74) is 0. The normalized spacial score (nSPS) is 23.2. The molecule has 1 aliphatic heterocycles. The molecule has 114 valence electrons. The van der Waals surface area contributed by atoms with Gasteiger partial charge in [-0.2, -0.15) is 0 Å². The van der Waals surface area contributed by atoms with E-state index in [1.54, 1.807) is 0 Å². The third-order valence-corrected chi connectivity index (χ3v) is 3.11. The maximum absolute atomic E-state index is 12.0. The van der Waals surface area contributed by atoms with Crippen molar-refractivity contribution in [3.63, 3.8) is 0 Å². The van der Waals surface area contributed by atoms with Gasteiger partial charge in [0.1, 0.15) is 12.1 Å². The lowest BCUT2D eigenvalue weighted by Gasteiger charge is -2.23. The number of carboxylic acids is 1. The van der Waals surface area contributed by atoms with Gasteiger partial charge in [0.05, 0.1) is 6.10 Å². The molecule has 0 bridgehead atoms. The summed E-state index contributed by atoms with van der Waals surface area (Å²) in [4.78, 5) is 35.6. The topological polar surface area (TPSA) is 119 Å². The molecule has 1 saturated heterocycles. The second-order valence-electron chi connectivity index (χ2n) is 4.86. The van der Waals surface area contributed by atoms with E-state index < -0.39 is 30.2 Å². The van der Waals surface area contributed by atoms with Crippen LogP contribution in [0.1, 0.15) is 26.7 Å². The van der Waals surface area contributed by atoms with Crippen LogP contribution in [0.25, 0.3) is 0 Å². The van der Waals surface area contributed by atoms with Crippen LogP contribution in [0, 0.1) is 0 Å².